The van der Waals surface area contributed by atoms with Crippen LogP contribution in [0.3, 0.4) is 0 Å². The van der Waals surface area contributed by atoms with E-state index in [0.717, 1.165) is 17.3 Å². The number of nitrogens with one attached hydrogen (secondary N) is 1. The number of rotatable bonds is 4. The van der Waals surface area contributed by atoms with Crippen molar-refractivity contribution in [2.45, 2.75) is 20.5 Å². The molecular weight excluding hydrogens is 294 g/mol. The van der Waals surface area contributed by atoms with Crippen molar-refractivity contribution >= 4 is 12.2 Å². The molecule has 0 bridgehead atoms. The van der Waals surface area contributed by atoms with Crippen LogP contribution in [-0.2, 0) is 6.61 Å². The lowest BCUT2D eigenvalue weighted by Crippen LogP contribution is -2.06. The molecule has 0 saturated carbocycles. The zero-order chi connectivity index (χ0) is 15.5. The van der Waals surface area contributed by atoms with E-state index in [4.69, 9.17) is 17.0 Å². The van der Waals surface area contributed by atoms with Crippen LogP contribution in [-0.4, -0.2) is 14.8 Å². The summed E-state index contributed by atoms with van der Waals surface area (Å²) >= 11 is 5.35. The van der Waals surface area contributed by atoms with Gasteiger partial charge in [0.05, 0.1) is 5.69 Å². The minimum atomic E-state index is 0.351. The Bertz CT molecular complexity index is 837. The molecule has 0 aliphatic carbocycles. The molecule has 0 saturated heterocycles. The maximum Gasteiger partial charge on any atom is 0.199 e. The van der Waals surface area contributed by atoms with Crippen LogP contribution in [0.5, 0.6) is 5.75 Å². The number of para-hydroxylation sites is 1. The van der Waals surface area contributed by atoms with Crippen molar-refractivity contribution in [3.8, 4) is 11.4 Å². The normalized spacial score (nSPS) is 10.6. The van der Waals surface area contributed by atoms with E-state index in [-0.39, 0.29) is 0 Å². The molecule has 0 amide bonds. The quantitative estimate of drug-likeness (QED) is 0.737. The van der Waals surface area contributed by atoms with E-state index in [9.17, 15) is 0 Å². The van der Waals surface area contributed by atoms with Crippen LogP contribution in [0.2, 0.25) is 0 Å². The number of aromatic nitrogens is 3. The highest BCUT2D eigenvalue weighted by molar-refractivity contribution is 7.71. The Balaban J connectivity index is 1.90. The predicted octanol–water partition coefficient (Wildman–Crippen LogP) is 4.13. The number of nitrogens with zero attached hydrogens (tertiary/aromatic N) is 2. The molecule has 3 aromatic rings. The first kappa shape index (κ1) is 14.5. The van der Waals surface area contributed by atoms with Gasteiger partial charge in [0.25, 0.3) is 0 Å². The molecule has 22 heavy (non-hydrogen) atoms. The Morgan fingerprint density at radius 3 is 2.59 bits per heavy atom. The van der Waals surface area contributed by atoms with Gasteiger partial charge in [0.1, 0.15) is 12.4 Å². The van der Waals surface area contributed by atoms with Gasteiger partial charge in [-0.3, -0.25) is 9.67 Å². The Kier molecular flexibility index (Phi) is 4.06. The van der Waals surface area contributed by atoms with E-state index in [1.807, 2.05) is 41.0 Å². The molecule has 1 aromatic heterocycles. The average Bonchev–Trinajstić information content (AvgIpc) is 2.90. The topological polar surface area (TPSA) is 42.8 Å². The second kappa shape index (κ2) is 6.15. The predicted molar refractivity (Wildman–Crippen MR) is 89.0 cm³/mol. The fourth-order valence-corrected chi connectivity index (χ4v) is 2.48. The maximum absolute atomic E-state index is 5.77. The summed E-state index contributed by atoms with van der Waals surface area (Å²) in [6, 6.07) is 15.9. The monoisotopic (exact) mass is 311 g/mol. The summed E-state index contributed by atoms with van der Waals surface area (Å²) in [4.78, 5) is 0. The lowest BCUT2D eigenvalue weighted by atomic mass is 10.1. The fraction of sp³-hybridized carbons (Fsp3) is 0.176. The standard InChI is InChI=1S/C17H17N3OS/c1-12-8-9-14(10-13(12)2)20-16(18-19-17(20)22)11-21-15-6-4-3-5-7-15/h3-10H,11H2,1-2H3,(H,19,22). The SMILES string of the molecule is Cc1ccc(-n2c(COc3ccccc3)n[nH]c2=S)cc1C. The van der Waals surface area contributed by atoms with Gasteiger partial charge in [-0.25, -0.2) is 0 Å². The van der Waals surface area contributed by atoms with Crippen molar-refractivity contribution in [3.63, 3.8) is 0 Å². The van der Waals surface area contributed by atoms with Crippen LogP contribution in [0, 0.1) is 18.6 Å². The van der Waals surface area contributed by atoms with E-state index in [1.54, 1.807) is 0 Å². The molecule has 0 atom stereocenters. The third kappa shape index (κ3) is 2.94. The second-order valence-corrected chi connectivity index (χ2v) is 5.54. The molecule has 0 radical (unpaired) electrons. The Labute approximate surface area is 134 Å². The van der Waals surface area contributed by atoms with Gasteiger partial charge in [0, 0.05) is 0 Å². The molecule has 1 N–H and O–H groups in total. The largest absolute Gasteiger partial charge is 0.486 e. The summed E-state index contributed by atoms with van der Waals surface area (Å²) < 4.78 is 8.24. The third-order valence-corrected chi connectivity index (χ3v) is 3.88. The minimum absolute atomic E-state index is 0.351. The van der Waals surface area contributed by atoms with Crippen LogP contribution < -0.4 is 4.74 Å². The van der Waals surface area contributed by atoms with Gasteiger partial charge in [-0.2, -0.15) is 5.10 Å². The fourth-order valence-electron chi connectivity index (χ4n) is 2.22. The van der Waals surface area contributed by atoms with Gasteiger partial charge >= 0.3 is 0 Å². The number of aryl methyl sites for hydroxylation is 2. The smallest absolute Gasteiger partial charge is 0.199 e. The number of ether oxygens (including phenoxy) is 1. The summed E-state index contributed by atoms with van der Waals surface area (Å²) in [6.07, 6.45) is 0. The Morgan fingerprint density at radius 1 is 1.09 bits per heavy atom. The van der Waals surface area contributed by atoms with Crippen molar-refractivity contribution in [2.24, 2.45) is 0 Å². The van der Waals surface area contributed by atoms with Crippen molar-refractivity contribution in [3.05, 3.63) is 70.3 Å². The van der Waals surface area contributed by atoms with Crippen LogP contribution in [0.15, 0.2) is 48.5 Å². The molecule has 0 fully saturated rings. The van der Waals surface area contributed by atoms with Crippen LogP contribution in [0.25, 0.3) is 5.69 Å². The molecule has 3 rings (SSSR count). The molecule has 0 aliphatic heterocycles. The molecular formula is C17H17N3OS. The zero-order valence-electron chi connectivity index (χ0n) is 12.5. The van der Waals surface area contributed by atoms with Gasteiger partial charge in [-0.1, -0.05) is 24.3 Å². The van der Waals surface area contributed by atoms with Crippen molar-refractivity contribution in [1.82, 2.24) is 14.8 Å². The maximum atomic E-state index is 5.77. The molecule has 1 heterocycles. The molecule has 4 nitrogen and oxygen atoms in total. The van der Waals surface area contributed by atoms with E-state index in [2.05, 4.69) is 36.2 Å². The molecule has 0 spiro atoms. The van der Waals surface area contributed by atoms with Crippen LogP contribution in [0.4, 0.5) is 0 Å². The number of hydrogen-bond acceptors (Lipinski definition) is 3. The van der Waals surface area contributed by atoms with Gasteiger partial charge in [-0.15, -0.1) is 0 Å². The highest BCUT2D eigenvalue weighted by Gasteiger charge is 2.10. The van der Waals surface area contributed by atoms with Crippen molar-refractivity contribution in [1.29, 1.82) is 0 Å². The number of benzene rings is 2. The highest BCUT2D eigenvalue weighted by Crippen LogP contribution is 2.17. The Morgan fingerprint density at radius 2 is 1.86 bits per heavy atom. The number of H-pyrrole nitrogens is 1. The van der Waals surface area contributed by atoms with Gasteiger partial charge in [0.15, 0.2) is 10.6 Å². The zero-order valence-corrected chi connectivity index (χ0v) is 13.4. The molecule has 5 heteroatoms. The van der Waals surface area contributed by atoms with Crippen LogP contribution >= 0.6 is 12.2 Å². The van der Waals surface area contributed by atoms with Gasteiger partial charge in [-0.05, 0) is 61.5 Å². The van der Waals surface area contributed by atoms with Crippen LogP contribution in [0.1, 0.15) is 17.0 Å². The van der Waals surface area contributed by atoms with E-state index in [0.29, 0.717) is 11.4 Å². The molecule has 0 unspecified atom stereocenters. The van der Waals surface area contributed by atoms with E-state index < -0.39 is 0 Å². The molecule has 0 aliphatic rings. The lowest BCUT2D eigenvalue weighted by molar-refractivity contribution is 0.293. The minimum Gasteiger partial charge on any atom is -0.486 e. The second-order valence-electron chi connectivity index (χ2n) is 5.15. The average molecular weight is 311 g/mol. The number of hydrogen-bond donors (Lipinski definition) is 1. The first-order chi connectivity index (χ1) is 10.6. The molecule has 112 valence electrons. The summed E-state index contributed by atoms with van der Waals surface area (Å²) in [7, 11) is 0. The summed E-state index contributed by atoms with van der Waals surface area (Å²) in [5.41, 5.74) is 3.46. The lowest BCUT2D eigenvalue weighted by Gasteiger charge is -2.10. The number of aromatic amines is 1. The first-order valence-corrected chi connectivity index (χ1v) is 7.48. The van der Waals surface area contributed by atoms with Crippen molar-refractivity contribution in [2.75, 3.05) is 0 Å². The Hall–Kier alpha value is -2.40. The van der Waals surface area contributed by atoms with Crippen molar-refractivity contribution < 1.29 is 4.74 Å². The van der Waals surface area contributed by atoms with Gasteiger partial charge < -0.3 is 4.74 Å². The first-order valence-electron chi connectivity index (χ1n) is 7.07. The van der Waals surface area contributed by atoms with E-state index in [1.165, 1.54) is 11.1 Å². The molecule has 2 aromatic carbocycles. The highest BCUT2D eigenvalue weighted by atomic mass is 32.1. The summed E-state index contributed by atoms with van der Waals surface area (Å²) in [5, 5.41) is 7.12. The van der Waals surface area contributed by atoms with E-state index >= 15 is 0 Å². The summed E-state index contributed by atoms with van der Waals surface area (Å²) in [5.74, 6) is 1.56. The third-order valence-electron chi connectivity index (χ3n) is 3.60. The van der Waals surface area contributed by atoms with Gasteiger partial charge in [0.2, 0.25) is 0 Å². The summed E-state index contributed by atoms with van der Waals surface area (Å²) in [6.45, 7) is 4.53.